The van der Waals surface area contributed by atoms with Crippen LogP contribution in [0.4, 0.5) is 5.69 Å². The number of hydrogen-bond donors (Lipinski definition) is 2. The molecule has 170 valence electrons. The van der Waals surface area contributed by atoms with Crippen molar-refractivity contribution in [1.29, 1.82) is 0 Å². The lowest BCUT2D eigenvalue weighted by molar-refractivity contribution is 0.0663. The number of nitrogens with one attached hydrogen (secondary N) is 1. The molecule has 6 nitrogen and oxygen atoms in total. The van der Waals surface area contributed by atoms with E-state index in [-0.39, 0.29) is 12.2 Å². The van der Waals surface area contributed by atoms with Crippen LogP contribution < -0.4 is 15.2 Å². The molecule has 0 spiro atoms. The predicted octanol–water partition coefficient (Wildman–Crippen LogP) is 3.29. The lowest BCUT2D eigenvalue weighted by atomic mass is 10.0. The zero-order valence-corrected chi connectivity index (χ0v) is 19.0. The first kappa shape index (κ1) is 22.4. The number of aliphatic hydroxyl groups excluding tert-OH is 1. The summed E-state index contributed by atoms with van der Waals surface area (Å²) < 4.78 is 5.80. The van der Waals surface area contributed by atoms with Crippen molar-refractivity contribution in [1.82, 2.24) is 9.88 Å². The van der Waals surface area contributed by atoms with Crippen molar-refractivity contribution in [2.75, 3.05) is 44.2 Å². The molecule has 0 radical (unpaired) electrons. The SMILES string of the molecule is CC(C)Cc1ccc(N2CCN(C[C@@H](O)COc3ccc4[nH]c(=O)ccc4c3)CC2)cc1. The molecule has 0 bridgehead atoms. The normalized spacial score (nSPS) is 15.9. The number of aliphatic hydroxyl groups is 1. The van der Waals surface area contributed by atoms with Crippen LogP contribution in [-0.4, -0.2) is 60.4 Å². The summed E-state index contributed by atoms with van der Waals surface area (Å²) in [6.07, 6.45) is 0.565. The molecular formula is C26H33N3O3. The highest BCUT2D eigenvalue weighted by molar-refractivity contribution is 5.79. The molecular weight excluding hydrogens is 402 g/mol. The number of benzene rings is 2. The number of piperazine rings is 1. The number of aromatic nitrogens is 1. The maximum atomic E-state index is 11.4. The van der Waals surface area contributed by atoms with E-state index in [9.17, 15) is 9.90 Å². The van der Waals surface area contributed by atoms with Gasteiger partial charge < -0.3 is 19.7 Å². The van der Waals surface area contributed by atoms with Gasteiger partial charge in [-0.3, -0.25) is 9.69 Å². The van der Waals surface area contributed by atoms with Crippen molar-refractivity contribution in [2.24, 2.45) is 5.92 Å². The van der Waals surface area contributed by atoms with Crippen LogP contribution in [0, 0.1) is 5.92 Å². The Morgan fingerprint density at radius 3 is 2.47 bits per heavy atom. The molecule has 32 heavy (non-hydrogen) atoms. The summed E-state index contributed by atoms with van der Waals surface area (Å²) in [5.74, 6) is 1.36. The van der Waals surface area contributed by atoms with Gasteiger partial charge in [0, 0.05) is 55.4 Å². The number of pyridine rings is 1. The maximum Gasteiger partial charge on any atom is 0.248 e. The van der Waals surface area contributed by atoms with Gasteiger partial charge in [-0.15, -0.1) is 0 Å². The minimum atomic E-state index is -0.553. The van der Waals surface area contributed by atoms with E-state index in [1.807, 2.05) is 18.2 Å². The fourth-order valence-electron chi connectivity index (χ4n) is 4.27. The third-order valence-electron chi connectivity index (χ3n) is 5.92. The smallest absolute Gasteiger partial charge is 0.248 e. The van der Waals surface area contributed by atoms with Crippen LogP contribution in [0.1, 0.15) is 19.4 Å². The number of β-amino-alcohol motifs (C(OH)–C–C–N with tert-alkyl or cyclic N) is 1. The second-order valence-corrected chi connectivity index (χ2v) is 9.09. The summed E-state index contributed by atoms with van der Waals surface area (Å²) in [5.41, 5.74) is 3.33. The average Bonchev–Trinajstić information content (AvgIpc) is 2.78. The van der Waals surface area contributed by atoms with Gasteiger partial charge in [-0.05, 0) is 54.3 Å². The number of rotatable bonds is 8. The number of aromatic amines is 1. The van der Waals surface area contributed by atoms with Gasteiger partial charge in [0.2, 0.25) is 5.56 Å². The monoisotopic (exact) mass is 435 g/mol. The van der Waals surface area contributed by atoms with Crippen LogP contribution in [0.15, 0.2) is 59.4 Å². The highest BCUT2D eigenvalue weighted by Crippen LogP contribution is 2.20. The summed E-state index contributed by atoms with van der Waals surface area (Å²) in [5, 5.41) is 11.4. The summed E-state index contributed by atoms with van der Waals surface area (Å²) in [4.78, 5) is 18.9. The Labute approximate surface area is 189 Å². The zero-order valence-electron chi connectivity index (χ0n) is 19.0. The van der Waals surface area contributed by atoms with Crippen LogP contribution in [0.5, 0.6) is 5.75 Å². The van der Waals surface area contributed by atoms with E-state index in [0.29, 0.717) is 18.2 Å². The molecule has 0 unspecified atom stereocenters. The predicted molar refractivity (Wildman–Crippen MR) is 130 cm³/mol. The molecule has 2 heterocycles. The molecule has 3 aromatic rings. The Hall–Kier alpha value is -2.83. The molecule has 1 saturated heterocycles. The van der Waals surface area contributed by atoms with Gasteiger partial charge in [0.05, 0.1) is 0 Å². The Kier molecular flexibility index (Phi) is 7.12. The molecule has 0 saturated carbocycles. The molecule has 1 aliphatic rings. The molecule has 1 aromatic heterocycles. The molecule has 0 aliphatic carbocycles. The first-order valence-electron chi connectivity index (χ1n) is 11.5. The standard InChI is InChI=1S/C26H33N3O3/c1-19(2)15-20-3-6-22(7-4-20)29-13-11-28(12-14-29)17-23(30)18-32-24-8-9-25-21(16-24)5-10-26(31)27-25/h3-10,16,19,23,30H,11-15,17-18H2,1-2H3,(H,27,31)/t23-/m1/s1. The summed E-state index contributed by atoms with van der Waals surface area (Å²) in [6.45, 7) is 9.10. The van der Waals surface area contributed by atoms with Crippen molar-refractivity contribution < 1.29 is 9.84 Å². The third-order valence-corrected chi connectivity index (χ3v) is 5.92. The first-order valence-corrected chi connectivity index (χ1v) is 11.5. The number of hydrogen-bond acceptors (Lipinski definition) is 5. The van der Waals surface area contributed by atoms with E-state index >= 15 is 0 Å². The van der Waals surface area contributed by atoms with Crippen LogP contribution in [0.25, 0.3) is 10.9 Å². The van der Waals surface area contributed by atoms with Crippen molar-refractivity contribution in [2.45, 2.75) is 26.4 Å². The minimum Gasteiger partial charge on any atom is -0.491 e. The van der Waals surface area contributed by atoms with E-state index in [1.165, 1.54) is 17.3 Å². The molecule has 0 amide bonds. The quantitative estimate of drug-likeness (QED) is 0.568. The fraction of sp³-hybridized carbons (Fsp3) is 0.423. The lowest BCUT2D eigenvalue weighted by Crippen LogP contribution is -2.49. The Morgan fingerprint density at radius 2 is 1.75 bits per heavy atom. The van der Waals surface area contributed by atoms with E-state index in [0.717, 1.165) is 43.5 Å². The summed E-state index contributed by atoms with van der Waals surface area (Å²) in [6, 6.07) is 17.7. The van der Waals surface area contributed by atoms with Gasteiger partial charge >= 0.3 is 0 Å². The number of H-pyrrole nitrogens is 1. The van der Waals surface area contributed by atoms with Gasteiger partial charge in [0.25, 0.3) is 0 Å². The van der Waals surface area contributed by atoms with E-state index in [1.54, 1.807) is 6.07 Å². The number of nitrogens with zero attached hydrogens (tertiary/aromatic N) is 2. The largest absolute Gasteiger partial charge is 0.491 e. The van der Waals surface area contributed by atoms with E-state index in [2.05, 4.69) is 52.9 Å². The topological polar surface area (TPSA) is 68.8 Å². The van der Waals surface area contributed by atoms with Gasteiger partial charge in [0.15, 0.2) is 0 Å². The lowest BCUT2D eigenvalue weighted by Gasteiger charge is -2.37. The highest BCUT2D eigenvalue weighted by atomic mass is 16.5. The van der Waals surface area contributed by atoms with Gasteiger partial charge in [-0.25, -0.2) is 0 Å². The summed E-state index contributed by atoms with van der Waals surface area (Å²) in [7, 11) is 0. The van der Waals surface area contributed by atoms with Crippen molar-refractivity contribution >= 4 is 16.6 Å². The fourth-order valence-corrected chi connectivity index (χ4v) is 4.27. The Balaban J connectivity index is 1.22. The molecule has 2 N–H and O–H groups in total. The van der Waals surface area contributed by atoms with Crippen LogP contribution in [0.2, 0.25) is 0 Å². The Bertz CT molecular complexity index is 1070. The second kappa shape index (κ2) is 10.2. The number of anilines is 1. The third kappa shape index (κ3) is 5.90. The summed E-state index contributed by atoms with van der Waals surface area (Å²) >= 11 is 0. The zero-order chi connectivity index (χ0) is 22.5. The van der Waals surface area contributed by atoms with Gasteiger partial charge in [0.1, 0.15) is 18.5 Å². The van der Waals surface area contributed by atoms with Crippen molar-refractivity contribution in [3.05, 3.63) is 70.5 Å². The second-order valence-electron chi connectivity index (χ2n) is 9.09. The van der Waals surface area contributed by atoms with Crippen LogP contribution in [-0.2, 0) is 6.42 Å². The maximum absolute atomic E-state index is 11.4. The molecule has 1 atom stereocenters. The van der Waals surface area contributed by atoms with Crippen molar-refractivity contribution in [3.8, 4) is 5.75 Å². The van der Waals surface area contributed by atoms with Crippen LogP contribution in [0.3, 0.4) is 0 Å². The van der Waals surface area contributed by atoms with E-state index in [4.69, 9.17) is 4.74 Å². The molecule has 4 rings (SSSR count). The van der Waals surface area contributed by atoms with E-state index < -0.39 is 6.10 Å². The van der Waals surface area contributed by atoms with Gasteiger partial charge in [-0.2, -0.15) is 0 Å². The molecule has 6 heteroatoms. The Morgan fingerprint density at radius 1 is 1.00 bits per heavy atom. The highest BCUT2D eigenvalue weighted by Gasteiger charge is 2.20. The average molecular weight is 436 g/mol. The minimum absolute atomic E-state index is 0.121. The first-order chi connectivity index (χ1) is 15.5. The molecule has 1 fully saturated rings. The van der Waals surface area contributed by atoms with Crippen LogP contribution >= 0.6 is 0 Å². The number of fused-ring (bicyclic) bond motifs is 1. The molecule has 1 aliphatic heterocycles. The molecule has 2 aromatic carbocycles. The van der Waals surface area contributed by atoms with Crippen molar-refractivity contribution in [3.63, 3.8) is 0 Å². The number of ether oxygens (including phenoxy) is 1. The van der Waals surface area contributed by atoms with Gasteiger partial charge in [-0.1, -0.05) is 26.0 Å².